The molecule has 0 bridgehead atoms. The van der Waals surface area contributed by atoms with Crippen LogP contribution in [-0.2, 0) is 13.0 Å². The summed E-state index contributed by atoms with van der Waals surface area (Å²) >= 11 is 6.45. The number of nitrogens with two attached hydrogens (primary N) is 1. The third-order valence-corrected chi connectivity index (χ3v) is 5.44. The second-order valence-corrected chi connectivity index (χ2v) is 7.47. The van der Waals surface area contributed by atoms with Crippen LogP contribution in [0.4, 0.5) is 8.78 Å². The molecule has 2 N–H and O–H groups in total. The van der Waals surface area contributed by atoms with E-state index in [-0.39, 0.29) is 0 Å². The van der Waals surface area contributed by atoms with Crippen LogP contribution in [0.25, 0.3) is 11.1 Å². The van der Waals surface area contributed by atoms with Gasteiger partial charge in [-0.3, -0.25) is 4.79 Å². The molecule has 0 saturated carbocycles. The lowest BCUT2D eigenvalue weighted by atomic mass is 9.97. The van der Waals surface area contributed by atoms with Crippen molar-refractivity contribution >= 4 is 17.5 Å². The minimum absolute atomic E-state index is 0.298. The minimum Gasteiger partial charge on any atom is -0.366 e. The number of aromatic nitrogens is 1. The van der Waals surface area contributed by atoms with Crippen LogP contribution >= 0.6 is 11.6 Å². The van der Waals surface area contributed by atoms with Crippen molar-refractivity contribution in [3.63, 3.8) is 0 Å². The zero-order chi connectivity index (χ0) is 21.1. The summed E-state index contributed by atoms with van der Waals surface area (Å²) in [6.45, 7) is 4.20. The number of primary amides is 1. The molecule has 0 unspecified atom stereocenters. The van der Waals surface area contributed by atoms with E-state index in [0.717, 1.165) is 35.7 Å². The molecular weight excluding hydrogens is 394 g/mol. The Bertz CT molecular complexity index is 1060. The SMILES string of the molecule is CCCCc1c(-c2ccccc2Cl)c(C(N)=O)c(C)n1Cc1ccc(F)c(F)c1. The number of nitrogens with zero attached hydrogens (tertiary/aromatic N) is 1. The predicted octanol–water partition coefficient (Wildman–Crippen LogP) is 5.88. The van der Waals surface area contributed by atoms with Crippen LogP contribution in [0.2, 0.25) is 5.02 Å². The molecule has 0 spiro atoms. The molecule has 6 heteroatoms. The third kappa shape index (κ3) is 4.20. The van der Waals surface area contributed by atoms with E-state index < -0.39 is 17.5 Å². The van der Waals surface area contributed by atoms with E-state index in [0.29, 0.717) is 34.8 Å². The lowest BCUT2D eigenvalue weighted by Gasteiger charge is -2.14. The first-order valence-corrected chi connectivity index (χ1v) is 9.93. The van der Waals surface area contributed by atoms with Gasteiger partial charge in [-0.15, -0.1) is 0 Å². The number of hydrogen-bond donors (Lipinski definition) is 1. The molecule has 0 saturated heterocycles. The standard InChI is InChI=1S/C23H23ClF2N2O/c1-3-4-9-20-22(16-7-5-6-8-17(16)24)21(23(27)29)14(2)28(20)13-15-10-11-18(25)19(26)12-15/h5-8,10-12H,3-4,9,13H2,1-2H3,(H2,27,29). The Kier molecular flexibility index (Phi) is 6.38. The molecule has 3 aromatic rings. The van der Waals surface area contributed by atoms with Gasteiger partial charge in [0.2, 0.25) is 0 Å². The number of halogens is 3. The smallest absolute Gasteiger partial charge is 0.251 e. The summed E-state index contributed by atoms with van der Waals surface area (Å²) in [4.78, 5) is 12.4. The summed E-state index contributed by atoms with van der Waals surface area (Å²) in [6.07, 6.45) is 2.56. The van der Waals surface area contributed by atoms with Gasteiger partial charge >= 0.3 is 0 Å². The van der Waals surface area contributed by atoms with E-state index in [2.05, 4.69) is 6.92 Å². The van der Waals surface area contributed by atoms with E-state index in [1.165, 1.54) is 6.07 Å². The van der Waals surface area contributed by atoms with Crippen molar-refractivity contribution in [2.75, 3.05) is 0 Å². The maximum Gasteiger partial charge on any atom is 0.251 e. The maximum absolute atomic E-state index is 13.7. The van der Waals surface area contributed by atoms with Crippen molar-refractivity contribution < 1.29 is 13.6 Å². The van der Waals surface area contributed by atoms with Crippen molar-refractivity contribution in [2.24, 2.45) is 5.73 Å². The van der Waals surface area contributed by atoms with Gasteiger partial charge in [-0.25, -0.2) is 8.78 Å². The molecule has 0 radical (unpaired) electrons. The van der Waals surface area contributed by atoms with Gasteiger partial charge in [0.1, 0.15) is 0 Å². The highest BCUT2D eigenvalue weighted by Crippen LogP contribution is 2.38. The summed E-state index contributed by atoms with van der Waals surface area (Å²) in [5.74, 6) is -2.33. The van der Waals surface area contributed by atoms with Crippen molar-refractivity contribution in [2.45, 2.75) is 39.7 Å². The average molecular weight is 417 g/mol. The molecule has 2 aromatic carbocycles. The third-order valence-electron chi connectivity index (χ3n) is 5.11. The number of benzene rings is 2. The average Bonchev–Trinajstić information content (AvgIpc) is 2.95. The maximum atomic E-state index is 13.7. The van der Waals surface area contributed by atoms with Gasteiger partial charge in [-0.05, 0) is 43.5 Å². The number of carbonyl (C=O) groups excluding carboxylic acids is 1. The molecule has 1 heterocycles. The van der Waals surface area contributed by atoms with Gasteiger partial charge in [0.05, 0.1) is 5.56 Å². The molecular formula is C23H23ClF2N2O. The topological polar surface area (TPSA) is 48.0 Å². The van der Waals surface area contributed by atoms with Gasteiger partial charge in [0.15, 0.2) is 11.6 Å². The molecule has 29 heavy (non-hydrogen) atoms. The molecule has 0 atom stereocenters. The Balaban J connectivity index is 2.24. The highest BCUT2D eigenvalue weighted by Gasteiger charge is 2.25. The highest BCUT2D eigenvalue weighted by atomic mass is 35.5. The van der Waals surface area contributed by atoms with Crippen LogP contribution in [0.15, 0.2) is 42.5 Å². The monoisotopic (exact) mass is 416 g/mol. The molecule has 3 rings (SSSR count). The highest BCUT2D eigenvalue weighted by molar-refractivity contribution is 6.33. The van der Waals surface area contributed by atoms with Crippen molar-refractivity contribution in [3.05, 3.63) is 81.6 Å². The first-order chi connectivity index (χ1) is 13.8. The van der Waals surface area contributed by atoms with Crippen LogP contribution < -0.4 is 5.73 Å². The number of unbranched alkanes of at least 4 members (excludes halogenated alkanes) is 1. The molecule has 3 nitrogen and oxygen atoms in total. The van der Waals surface area contributed by atoms with Crippen LogP contribution in [0.3, 0.4) is 0 Å². The number of rotatable bonds is 7. The normalized spacial score (nSPS) is 11.1. The summed E-state index contributed by atoms with van der Waals surface area (Å²) in [5.41, 5.74) is 9.81. The van der Waals surface area contributed by atoms with Gasteiger partial charge in [0.25, 0.3) is 5.91 Å². The zero-order valence-electron chi connectivity index (χ0n) is 16.4. The predicted molar refractivity (Wildman–Crippen MR) is 112 cm³/mol. The van der Waals surface area contributed by atoms with E-state index in [4.69, 9.17) is 17.3 Å². The van der Waals surface area contributed by atoms with Gasteiger partial charge in [-0.1, -0.05) is 49.2 Å². The summed E-state index contributed by atoms with van der Waals surface area (Å²) < 4.78 is 29.0. The second kappa shape index (κ2) is 8.78. The van der Waals surface area contributed by atoms with E-state index >= 15 is 0 Å². The van der Waals surface area contributed by atoms with Gasteiger partial charge in [-0.2, -0.15) is 0 Å². The lowest BCUT2D eigenvalue weighted by Crippen LogP contribution is -2.13. The number of carbonyl (C=O) groups is 1. The van der Waals surface area contributed by atoms with E-state index in [1.807, 2.05) is 29.7 Å². The molecule has 0 aliphatic heterocycles. The van der Waals surface area contributed by atoms with Crippen molar-refractivity contribution in [3.8, 4) is 11.1 Å². The Labute approximate surface area is 174 Å². The molecule has 1 amide bonds. The molecule has 1 aromatic heterocycles. The fourth-order valence-corrected chi connectivity index (χ4v) is 3.92. The quantitative estimate of drug-likeness (QED) is 0.513. The molecule has 0 fully saturated rings. The molecule has 0 aliphatic rings. The summed E-state index contributed by atoms with van der Waals surface area (Å²) in [6, 6.07) is 11.1. The Hall–Kier alpha value is -2.66. The first kappa shape index (κ1) is 21.1. The van der Waals surface area contributed by atoms with E-state index in [9.17, 15) is 13.6 Å². The number of hydrogen-bond acceptors (Lipinski definition) is 1. The first-order valence-electron chi connectivity index (χ1n) is 9.55. The molecule has 0 aliphatic carbocycles. The van der Waals surface area contributed by atoms with Gasteiger partial charge < -0.3 is 10.3 Å². The van der Waals surface area contributed by atoms with Crippen molar-refractivity contribution in [1.82, 2.24) is 4.57 Å². The lowest BCUT2D eigenvalue weighted by molar-refractivity contribution is 0.1000. The Morgan fingerprint density at radius 2 is 1.86 bits per heavy atom. The van der Waals surface area contributed by atoms with Crippen molar-refractivity contribution in [1.29, 1.82) is 0 Å². The van der Waals surface area contributed by atoms with Crippen LogP contribution in [0, 0.1) is 18.6 Å². The fraction of sp³-hybridized carbons (Fsp3) is 0.261. The van der Waals surface area contributed by atoms with Crippen LogP contribution in [0.5, 0.6) is 0 Å². The van der Waals surface area contributed by atoms with E-state index in [1.54, 1.807) is 12.1 Å². The second-order valence-electron chi connectivity index (χ2n) is 7.06. The van der Waals surface area contributed by atoms with Crippen LogP contribution in [-0.4, -0.2) is 10.5 Å². The summed E-state index contributed by atoms with van der Waals surface area (Å²) in [7, 11) is 0. The Morgan fingerprint density at radius 1 is 1.14 bits per heavy atom. The largest absolute Gasteiger partial charge is 0.366 e. The Morgan fingerprint density at radius 3 is 2.48 bits per heavy atom. The zero-order valence-corrected chi connectivity index (χ0v) is 17.2. The summed E-state index contributed by atoms with van der Waals surface area (Å²) in [5, 5.41) is 0.526. The van der Waals surface area contributed by atoms with Gasteiger partial charge in [0, 0.05) is 34.1 Å². The molecule has 152 valence electrons. The fourth-order valence-electron chi connectivity index (χ4n) is 3.69. The minimum atomic E-state index is -0.899. The van der Waals surface area contributed by atoms with Crippen LogP contribution in [0.1, 0.15) is 47.1 Å². The number of amides is 1.